The van der Waals surface area contributed by atoms with Gasteiger partial charge in [0.25, 0.3) is 6.33 Å². The van der Waals surface area contributed by atoms with E-state index in [9.17, 15) is 0 Å². The zero-order valence-electron chi connectivity index (χ0n) is 41.9. The molecule has 3 heterocycles. The van der Waals surface area contributed by atoms with E-state index < -0.39 is 10.8 Å². The third kappa shape index (κ3) is 7.80. The van der Waals surface area contributed by atoms with Crippen LogP contribution in [0, 0.1) is 0 Å². The molecule has 0 aliphatic rings. The lowest BCUT2D eigenvalue weighted by atomic mass is 9.66. The Morgan fingerprint density at radius 2 is 0.918 bits per heavy atom. The summed E-state index contributed by atoms with van der Waals surface area (Å²) in [6, 6.07) is 87.3. The van der Waals surface area contributed by atoms with Crippen LogP contribution in [0.5, 0.6) is 11.5 Å². The van der Waals surface area contributed by atoms with Crippen molar-refractivity contribution in [2.24, 2.45) is 0 Å². The number of hydrogen-bond acceptors (Lipinski definition) is 2. The third-order valence-electron chi connectivity index (χ3n) is 15.2. The van der Waals surface area contributed by atoms with Crippen LogP contribution in [0.2, 0.25) is 0 Å². The van der Waals surface area contributed by atoms with Crippen LogP contribution in [0.15, 0.2) is 255 Å². The van der Waals surface area contributed by atoms with Gasteiger partial charge in [-0.25, -0.2) is 4.98 Å². The summed E-state index contributed by atoms with van der Waals surface area (Å²) >= 11 is 0. The molecule has 0 fully saturated rings. The van der Waals surface area contributed by atoms with Crippen LogP contribution in [0.25, 0.3) is 50.0 Å². The number of ether oxygens (including phenoxy) is 1. The maximum atomic E-state index is 6.89. The van der Waals surface area contributed by atoms with Gasteiger partial charge in [0.15, 0.2) is 11.0 Å². The Labute approximate surface area is 427 Å². The second-order valence-electron chi connectivity index (χ2n) is 20.5. The molecule has 12 rings (SSSR count). The lowest BCUT2D eigenvalue weighted by molar-refractivity contribution is -0.569. The van der Waals surface area contributed by atoms with Crippen molar-refractivity contribution in [3.05, 3.63) is 294 Å². The molecule has 0 aliphatic heterocycles. The van der Waals surface area contributed by atoms with Gasteiger partial charge in [-0.2, -0.15) is 9.13 Å². The molecule has 73 heavy (non-hydrogen) atoms. The van der Waals surface area contributed by atoms with Crippen LogP contribution in [-0.2, 0) is 16.2 Å². The van der Waals surface area contributed by atoms with Gasteiger partial charge < -0.3 is 4.74 Å². The zero-order chi connectivity index (χ0) is 49.7. The maximum absolute atomic E-state index is 6.89. The second-order valence-corrected chi connectivity index (χ2v) is 20.5. The van der Waals surface area contributed by atoms with E-state index in [1.165, 1.54) is 44.3 Å². The van der Waals surface area contributed by atoms with Gasteiger partial charge in [-0.1, -0.05) is 197 Å². The van der Waals surface area contributed by atoms with Crippen LogP contribution < -0.4 is 9.30 Å². The van der Waals surface area contributed by atoms with Gasteiger partial charge in [0.05, 0.1) is 11.0 Å². The molecule has 0 saturated heterocycles. The highest BCUT2D eigenvalue weighted by Gasteiger charge is 2.42. The summed E-state index contributed by atoms with van der Waals surface area (Å²) in [4.78, 5) is 4.92. The predicted octanol–water partition coefficient (Wildman–Crippen LogP) is 16.2. The molecule has 0 aliphatic carbocycles. The molecule has 0 N–H and O–H groups in total. The van der Waals surface area contributed by atoms with Crippen molar-refractivity contribution >= 4 is 32.8 Å². The quantitative estimate of drug-likeness (QED) is 0.0957. The minimum atomic E-state index is -0.565. The van der Waals surface area contributed by atoms with Crippen LogP contribution in [0.4, 0.5) is 0 Å². The molecular formula is C68H57N4O+. The van der Waals surface area contributed by atoms with Gasteiger partial charge in [0.2, 0.25) is 0 Å². The Bertz CT molecular complexity index is 3760. The number of fused-ring (bicyclic) bond motifs is 4. The largest absolute Gasteiger partial charge is 0.457 e. The molecule has 3 aromatic heterocycles. The second kappa shape index (κ2) is 18.1. The summed E-state index contributed by atoms with van der Waals surface area (Å²) in [5, 5.41) is 2.32. The Morgan fingerprint density at radius 1 is 0.411 bits per heavy atom. The maximum Gasteiger partial charge on any atom is 0.255 e. The average Bonchev–Trinajstić information content (AvgIpc) is 3.99. The summed E-state index contributed by atoms with van der Waals surface area (Å²) in [5.74, 6) is 2.36. The Hall–Kier alpha value is -8.80. The van der Waals surface area contributed by atoms with Gasteiger partial charge in [-0.15, -0.1) is 0 Å². The van der Waals surface area contributed by atoms with Gasteiger partial charge in [-0.3, -0.25) is 4.57 Å². The molecule has 0 unspecified atom stereocenters. The van der Waals surface area contributed by atoms with E-state index in [0.717, 1.165) is 56.1 Å². The fraction of sp³-hybridized carbons (Fsp3) is 0.118. The highest BCUT2D eigenvalue weighted by Crippen LogP contribution is 2.47. The number of para-hydroxylation sites is 4. The van der Waals surface area contributed by atoms with Crippen molar-refractivity contribution in [1.29, 1.82) is 0 Å². The number of nitrogens with zero attached hydrogens (tertiary/aromatic N) is 4. The first-order valence-electron chi connectivity index (χ1n) is 25.3. The predicted molar refractivity (Wildman–Crippen MR) is 299 cm³/mol. The van der Waals surface area contributed by atoms with Gasteiger partial charge in [0, 0.05) is 51.1 Å². The average molecular weight is 946 g/mol. The zero-order valence-corrected chi connectivity index (χ0v) is 41.9. The van der Waals surface area contributed by atoms with Crippen LogP contribution in [0.3, 0.4) is 0 Å². The van der Waals surface area contributed by atoms with Crippen molar-refractivity contribution in [3.63, 3.8) is 0 Å². The highest BCUT2D eigenvalue weighted by molar-refractivity contribution is 6.09. The first-order chi connectivity index (χ1) is 35.6. The van der Waals surface area contributed by atoms with Crippen LogP contribution in [0.1, 0.15) is 73.6 Å². The molecule has 0 spiro atoms. The van der Waals surface area contributed by atoms with E-state index >= 15 is 0 Å². The molecule has 0 saturated carbocycles. The lowest BCUT2D eigenvalue weighted by Gasteiger charge is -2.37. The van der Waals surface area contributed by atoms with Crippen LogP contribution >= 0.6 is 0 Å². The van der Waals surface area contributed by atoms with Gasteiger partial charge in [0.1, 0.15) is 28.7 Å². The Balaban J connectivity index is 1.05. The molecule has 9 aromatic carbocycles. The van der Waals surface area contributed by atoms with E-state index in [1.54, 1.807) is 0 Å². The van der Waals surface area contributed by atoms with E-state index in [-0.39, 0.29) is 5.41 Å². The topological polar surface area (TPSA) is 35.9 Å². The highest BCUT2D eigenvalue weighted by atomic mass is 16.5. The molecule has 5 nitrogen and oxygen atoms in total. The van der Waals surface area contributed by atoms with Gasteiger partial charge >= 0.3 is 0 Å². The van der Waals surface area contributed by atoms with E-state index in [4.69, 9.17) is 9.72 Å². The smallest absolute Gasteiger partial charge is 0.255 e. The molecular weight excluding hydrogens is 889 g/mol. The fourth-order valence-electron chi connectivity index (χ4n) is 11.2. The lowest BCUT2D eigenvalue weighted by Crippen LogP contribution is -2.40. The number of aromatic nitrogens is 4. The fourth-order valence-corrected chi connectivity index (χ4v) is 11.2. The van der Waals surface area contributed by atoms with Crippen molar-refractivity contribution in [1.82, 2.24) is 14.1 Å². The molecule has 0 bridgehead atoms. The first kappa shape index (κ1) is 45.3. The SMILES string of the molecule is CC(C)(C)c1ccnc(-n2c3ccccc3c3ccc(Oc4cccc(-n5c[n+](-c6c(C(C)(c7ccccc7)c7ccccc7)cccc6C(C)(c6ccccc6)c6ccccc6)c6ccccc65)c4)cc32)c1. The third-order valence-corrected chi connectivity index (χ3v) is 15.2. The Kier molecular flexibility index (Phi) is 11.2. The van der Waals surface area contributed by atoms with Crippen molar-refractivity contribution in [3.8, 4) is 28.7 Å². The van der Waals surface area contributed by atoms with E-state index in [2.05, 4.69) is 291 Å². The summed E-state index contributed by atoms with van der Waals surface area (Å²) in [6.45, 7) is 11.5. The number of benzene rings is 9. The molecule has 0 amide bonds. The molecule has 12 aromatic rings. The standard InChI is InChI=1S/C68H57N4O/c1-66(2,3)52-42-43-69-64(44-52)72-60-37-19-18-34-56(60)57-41-40-55(46-63(57)72)73-54-33-22-32-53(45-54)70-47-71(62-39-21-20-38-61(62)70)65-58(67(4,48-24-10-6-11-25-48)49-26-12-7-13-27-49)35-23-36-59(65)68(5,50-28-14-8-15-29-50)51-30-16-9-17-31-51/h6-47H,1-5H3/q+1. The number of rotatable bonds is 11. The number of pyridine rings is 1. The number of imidazole rings is 1. The molecule has 5 heteroatoms. The van der Waals surface area contributed by atoms with Crippen LogP contribution in [-0.4, -0.2) is 14.1 Å². The van der Waals surface area contributed by atoms with Crippen molar-refractivity contribution in [2.75, 3.05) is 0 Å². The summed E-state index contributed by atoms with van der Waals surface area (Å²) in [6.07, 6.45) is 4.20. The monoisotopic (exact) mass is 945 g/mol. The van der Waals surface area contributed by atoms with Gasteiger partial charge in [-0.05, 0) is 102 Å². The van der Waals surface area contributed by atoms with Crippen molar-refractivity contribution in [2.45, 2.75) is 50.9 Å². The summed E-state index contributed by atoms with van der Waals surface area (Å²) < 4.78 is 13.9. The molecule has 354 valence electrons. The minimum Gasteiger partial charge on any atom is -0.457 e. The molecule has 0 radical (unpaired) electrons. The summed E-state index contributed by atoms with van der Waals surface area (Å²) in [7, 11) is 0. The van der Waals surface area contributed by atoms with E-state index in [0.29, 0.717) is 0 Å². The first-order valence-corrected chi connectivity index (χ1v) is 25.3. The normalized spacial score (nSPS) is 12.2. The van der Waals surface area contributed by atoms with E-state index in [1.807, 2.05) is 12.3 Å². The minimum absolute atomic E-state index is 0.0262. The van der Waals surface area contributed by atoms with Crippen molar-refractivity contribution < 1.29 is 9.30 Å². The number of hydrogen-bond donors (Lipinski definition) is 0. The summed E-state index contributed by atoms with van der Waals surface area (Å²) in [5.41, 5.74) is 13.7. The Morgan fingerprint density at radius 3 is 1.51 bits per heavy atom. The molecule has 0 atom stereocenters.